The van der Waals surface area contributed by atoms with E-state index in [9.17, 15) is 4.79 Å². The number of hydrogen-bond acceptors (Lipinski definition) is 4. The van der Waals surface area contributed by atoms with E-state index >= 15 is 0 Å². The fraction of sp³-hybridized carbons (Fsp3) is 0.304. The van der Waals surface area contributed by atoms with Crippen LogP contribution >= 0.6 is 11.3 Å². The number of carbonyl (C=O) groups is 1. The Balaban J connectivity index is 1.58. The normalized spacial score (nSPS) is 10.6. The van der Waals surface area contributed by atoms with E-state index in [2.05, 4.69) is 17.2 Å². The number of aromatic nitrogens is 1. The number of urea groups is 1. The van der Waals surface area contributed by atoms with Gasteiger partial charge in [-0.15, -0.1) is 11.3 Å². The maximum atomic E-state index is 12.7. The number of thiazole rings is 1. The molecule has 2 aromatic carbocycles. The van der Waals surface area contributed by atoms with Gasteiger partial charge >= 0.3 is 6.03 Å². The Kier molecular flexibility index (Phi) is 7.25. The summed E-state index contributed by atoms with van der Waals surface area (Å²) < 4.78 is 5.83. The second-order valence-corrected chi connectivity index (χ2v) is 8.00. The molecule has 0 unspecified atom stereocenters. The van der Waals surface area contributed by atoms with Crippen LogP contribution in [0.3, 0.4) is 0 Å². The molecule has 0 saturated heterocycles. The molecule has 0 atom stereocenters. The van der Waals surface area contributed by atoms with Crippen molar-refractivity contribution in [3.8, 4) is 5.75 Å². The number of aryl methyl sites for hydroxylation is 2. The largest absolute Gasteiger partial charge is 0.486 e. The predicted octanol–water partition coefficient (Wildman–Crippen LogP) is 5.78. The summed E-state index contributed by atoms with van der Waals surface area (Å²) in [4.78, 5) is 19.1. The molecule has 0 saturated carbocycles. The summed E-state index contributed by atoms with van der Waals surface area (Å²) in [5, 5.41) is 5.87. The predicted molar refractivity (Wildman–Crippen MR) is 119 cm³/mol. The first-order valence-electron chi connectivity index (χ1n) is 9.79. The number of ether oxygens (including phenoxy) is 1. The van der Waals surface area contributed by atoms with Crippen molar-refractivity contribution >= 4 is 23.1 Å². The van der Waals surface area contributed by atoms with Gasteiger partial charge in [0.2, 0.25) is 0 Å². The van der Waals surface area contributed by atoms with Gasteiger partial charge in [0.1, 0.15) is 17.4 Å². The molecule has 1 N–H and O–H groups in total. The van der Waals surface area contributed by atoms with E-state index in [0.29, 0.717) is 19.7 Å². The zero-order chi connectivity index (χ0) is 20.6. The molecular formula is C23H27N3O2S. The van der Waals surface area contributed by atoms with Crippen molar-refractivity contribution in [2.24, 2.45) is 0 Å². The molecule has 0 aliphatic heterocycles. The quantitative estimate of drug-likeness (QED) is 0.513. The van der Waals surface area contributed by atoms with Gasteiger partial charge < -0.3 is 15.0 Å². The molecule has 0 fully saturated rings. The highest BCUT2D eigenvalue weighted by atomic mass is 32.1. The van der Waals surface area contributed by atoms with Gasteiger partial charge in [0, 0.05) is 17.6 Å². The molecule has 0 spiro atoms. The van der Waals surface area contributed by atoms with Crippen molar-refractivity contribution in [1.29, 1.82) is 0 Å². The van der Waals surface area contributed by atoms with Crippen LogP contribution in [0.1, 0.15) is 35.2 Å². The minimum atomic E-state index is -0.110. The number of anilines is 1. The van der Waals surface area contributed by atoms with Gasteiger partial charge in [0.25, 0.3) is 0 Å². The van der Waals surface area contributed by atoms with Crippen LogP contribution in [0.5, 0.6) is 5.75 Å². The summed E-state index contributed by atoms with van der Waals surface area (Å²) in [5.41, 5.74) is 4.01. The minimum Gasteiger partial charge on any atom is -0.486 e. The van der Waals surface area contributed by atoms with E-state index < -0.39 is 0 Å². The first-order valence-corrected chi connectivity index (χ1v) is 10.7. The molecule has 1 aromatic heterocycles. The molecule has 2 amide bonds. The monoisotopic (exact) mass is 409 g/mol. The van der Waals surface area contributed by atoms with Gasteiger partial charge in [-0.05, 0) is 50.1 Å². The molecule has 0 aliphatic carbocycles. The number of amides is 2. The first kappa shape index (κ1) is 20.9. The third-order valence-corrected chi connectivity index (χ3v) is 5.26. The van der Waals surface area contributed by atoms with Gasteiger partial charge in [-0.2, -0.15) is 0 Å². The minimum absolute atomic E-state index is 0.110. The Labute approximate surface area is 176 Å². The third kappa shape index (κ3) is 6.32. The molecule has 5 nitrogen and oxygen atoms in total. The lowest BCUT2D eigenvalue weighted by Crippen LogP contribution is -2.35. The summed E-state index contributed by atoms with van der Waals surface area (Å²) in [6.45, 7) is 7.71. The topological polar surface area (TPSA) is 54.5 Å². The van der Waals surface area contributed by atoms with Crippen LogP contribution in [0.15, 0.2) is 53.9 Å². The van der Waals surface area contributed by atoms with Crippen molar-refractivity contribution in [2.75, 3.05) is 11.9 Å². The van der Waals surface area contributed by atoms with Gasteiger partial charge in [-0.3, -0.25) is 0 Å². The van der Waals surface area contributed by atoms with E-state index in [0.717, 1.165) is 39.7 Å². The lowest BCUT2D eigenvalue weighted by atomic mass is 10.2. The summed E-state index contributed by atoms with van der Waals surface area (Å²) in [7, 11) is 0. The third-order valence-electron chi connectivity index (χ3n) is 4.39. The van der Waals surface area contributed by atoms with Crippen LogP contribution in [0.25, 0.3) is 0 Å². The molecule has 3 rings (SSSR count). The number of nitrogens with zero attached hydrogens (tertiary/aromatic N) is 2. The van der Waals surface area contributed by atoms with Gasteiger partial charge in [-0.25, -0.2) is 9.78 Å². The van der Waals surface area contributed by atoms with Crippen LogP contribution < -0.4 is 10.1 Å². The van der Waals surface area contributed by atoms with Crippen molar-refractivity contribution in [1.82, 2.24) is 9.88 Å². The molecule has 0 radical (unpaired) electrons. The average molecular weight is 410 g/mol. The summed E-state index contributed by atoms with van der Waals surface area (Å²) >= 11 is 1.56. The molecular weight excluding hydrogens is 382 g/mol. The van der Waals surface area contributed by atoms with Crippen LogP contribution in [0.4, 0.5) is 10.5 Å². The summed E-state index contributed by atoms with van der Waals surface area (Å²) in [5.74, 6) is 0.840. The Morgan fingerprint density at radius 2 is 1.93 bits per heavy atom. The van der Waals surface area contributed by atoms with E-state index in [1.54, 1.807) is 16.2 Å². The van der Waals surface area contributed by atoms with Crippen LogP contribution in [0.2, 0.25) is 0 Å². The van der Waals surface area contributed by atoms with Crippen LogP contribution in [-0.2, 0) is 13.2 Å². The highest BCUT2D eigenvalue weighted by Crippen LogP contribution is 2.18. The van der Waals surface area contributed by atoms with Crippen LogP contribution in [0, 0.1) is 13.8 Å². The molecule has 6 heteroatoms. The Hall–Kier alpha value is -2.86. The second-order valence-electron chi connectivity index (χ2n) is 7.06. The maximum absolute atomic E-state index is 12.7. The lowest BCUT2D eigenvalue weighted by molar-refractivity contribution is 0.208. The Morgan fingerprint density at radius 3 is 2.66 bits per heavy atom. The highest BCUT2D eigenvalue weighted by molar-refractivity contribution is 7.09. The number of nitrogens with one attached hydrogen (secondary N) is 1. The van der Waals surface area contributed by atoms with Crippen molar-refractivity contribution in [3.05, 3.63) is 75.7 Å². The van der Waals surface area contributed by atoms with E-state index in [4.69, 9.17) is 4.74 Å². The SMILES string of the molecule is CCCN(Cc1csc(COc2cccc(C)c2)n1)C(=O)Nc1ccc(C)cc1. The van der Waals surface area contributed by atoms with E-state index in [1.165, 1.54) is 0 Å². The molecule has 29 heavy (non-hydrogen) atoms. The fourth-order valence-electron chi connectivity index (χ4n) is 2.90. The van der Waals surface area contributed by atoms with E-state index in [1.807, 2.05) is 67.8 Å². The smallest absolute Gasteiger partial charge is 0.322 e. The molecule has 1 heterocycles. The zero-order valence-corrected chi connectivity index (χ0v) is 18.0. The van der Waals surface area contributed by atoms with Crippen molar-refractivity contribution < 1.29 is 9.53 Å². The number of hydrogen-bond donors (Lipinski definition) is 1. The standard InChI is InChI=1S/C23H27N3O2S/c1-4-12-26(23(27)25-19-10-8-17(2)9-11-19)14-20-16-29-22(24-20)15-28-21-7-5-6-18(3)13-21/h5-11,13,16H,4,12,14-15H2,1-3H3,(H,25,27). The van der Waals surface area contributed by atoms with Gasteiger partial charge in [0.05, 0.1) is 12.2 Å². The molecule has 0 bridgehead atoms. The molecule has 3 aromatic rings. The van der Waals surface area contributed by atoms with Gasteiger partial charge in [0.15, 0.2) is 0 Å². The number of carbonyl (C=O) groups excluding carboxylic acids is 1. The summed E-state index contributed by atoms with van der Waals surface area (Å²) in [6, 6.07) is 15.7. The fourth-order valence-corrected chi connectivity index (χ4v) is 3.59. The maximum Gasteiger partial charge on any atom is 0.322 e. The van der Waals surface area contributed by atoms with Crippen molar-refractivity contribution in [3.63, 3.8) is 0 Å². The highest BCUT2D eigenvalue weighted by Gasteiger charge is 2.15. The molecule has 0 aliphatic rings. The zero-order valence-electron chi connectivity index (χ0n) is 17.1. The first-order chi connectivity index (χ1) is 14.0. The van der Waals surface area contributed by atoms with Gasteiger partial charge in [-0.1, -0.05) is 36.8 Å². The average Bonchev–Trinajstić information content (AvgIpc) is 3.15. The van der Waals surface area contributed by atoms with Crippen LogP contribution in [-0.4, -0.2) is 22.5 Å². The van der Waals surface area contributed by atoms with E-state index in [-0.39, 0.29) is 6.03 Å². The Bertz CT molecular complexity index is 937. The number of benzene rings is 2. The lowest BCUT2D eigenvalue weighted by Gasteiger charge is -2.21. The number of rotatable bonds is 8. The van der Waals surface area contributed by atoms with Crippen molar-refractivity contribution in [2.45, 2.75) is 40.3 Å². The molecule has 152 valence electrons. The summed E-state index contributed by atoms with van der Waals surface area (Å²) in [6.07, 6.45) is 0.884. The Morgan fingerprint density at radius 1 is 1.14 bits per heavy atom. The second kappa shape index (κ2) is 10.1.